The van der Waals surface area contributed by atoms with E-state index in [1.54, 1.807) is 0 Å². The Labute approximate surface area is 142 Å². The van der Waals surface area contributed by atoms with Gasteiger partial charge < -0.3 is 15.4 Å². The van der Waals surface area contributed by atoms with Crippen molar-refractivity contribution in [2.45, 2.75) is 44.1 Å². The fraction of sp³-hybridized carbons (Fsp3) is 0.500. The highest BCUT2D eigenvalue weighted by molar-refractivity contribution is 5.91. The van der Waals surface area contributed by atoms with Crippen LogP contribution in [0.1, 0.15) is 37.7 Å². The highest BCUT2D eigenvalue weighted by Crippen LogP contribution is 2.29. The Hall–Kier alpha value is -2.37. The number of hydrogen-bond acceptors (Lipinski definition) is 4. The highest BCUT2D eigenvalue weighted by Gasteiger charge is 2.41. The standard InChI is InChI=1S/C18H24N2O4/c1-24-17(23)18(10-6-3-7-11-18)20-16(22)13-19-15(21)12-14-8-4-2-5-9-14/h2,4-5,8-9H,3,6-7,10-13H2,1H3,(H,19,21)(H,20,22). The molecule has 1 aliphatic carbocycles. The molecule has 0 unspecified atom stereocenters. The second-order valence-electron chi connectivity index (χ2n) is 6.12. The van der Waals surface area contributed by atoms with Crippen LogP contribution in [-0.2, 0) is 25.5 Å². The maximum Gasteiger partial charge on any atom is 0.331 e. The van der Waals surface area contributed by atoms with Crippen molar-refractivity contribution in [2.75, 3.05) is 13.7 Å². The molecule has 2 N–H and O–H groups in total. The number of ether oxygens (including phenoxy) is 1. The van der Waals surface area contributed by atoms with Crippen molar-refractivity contribution < 1.29 is 19.1 Å². The van der Waals surface area contributed by atoms with Crippen molar-refractivity contribution >= 4 is 17.8 Å². The summed E-state index contributed by atoms with van der Waals surface area (Å²) in [6.07, 6.45) is 4.15. The summed E-state index contributed by atoms with van der Waals surface area (Å²) < 4.78 is 4.86. The molecule has 0 spiro atoms. The van der Waals surface area contributed by atoms with E-state index in [4.69, 9.17) is 4.74 Å². The summed E-state index contributed by atoms with van der Waals surface area (Å²) in [6.45, 7) is -0.148. The van der Waals surface area contributed by atoms with Crippen molar-refractivity contribution in [1.82, 2.24) is 10.6 Å². The molecule has 0 radical (unpaired) electrons. The first-order chi connectivity index (χ1) is 11.6. The van der Waals surface area contributed by atoms with Gasteiger partial charge in [0.2, 0.25) is 11.8 Å². The van der Waals surface area contributed by atoms with Gasteiger partial charge in [-0.2, -0.15) is 0 Å². The number of methoxy groups -OCH3 is 1. The van der Waals surface area contributed by atoms with E-state index in [0.717, 1.165) is 24.8 Å². The Morgan fingerprint density at radius 1 is 1.04 bits per heavy atom. The van der Waals surface area contributed by atoms with E-state index in [0.29, 0.717) is 12.8 Å². The van der Waals surface area contributed by atoms with E-state index in [2.05, 4.69) is 10.6 Å². The van der Waals surface area contributed by atoms with Crippen molar-refractivity contribution in [1.29, 1.82) is 0 Å². The molecule has 24 heavy (non-hydrogen) atoms. The topological polar surface area (TPSA) is 84.5 Å². The smallest absolute Gasteiger partial charge is 0.331 e. The minimum absolute atomic E-state index is 0.148. The second-order valence-corrected chi connectivity index (χ2v) is 6.12. The van der Waals surface area contributed by atoms with Crippen LogP contribution < -0.4 is 10.6 Å². The SMILES string of the molecule is COC(=O)C1(NC(=O)CNC(=O)Cc2ccccc2)CCCCC1. The average Bonchev–Trinajstić information content (AvgIpc) is 2.61. The van der Waals surface area contributed by atoms with E-state index in [9.17, 15) is 14.4 Å². The fourth-order valence-electron chi connectivity index (χ4n) is 3.06. The Morgan fingerprint density at radius 2 is 1.71 bits per heavy atom. The predicted molar refractivity (Wildman–Crippen MR) is 89.1 cm³/mol. The Bertz CT molecular complexity index is 580. The van der Waals surface area contributed by atoms with Gasteiger partial charge >= 0.3 is 5.97 Å². The lowest BCUT2D eigenvalue weighted by atomic mass is 9.81. The lowest BCUT2D eigenvalue weighted by Crippen LogP contribution is -2.57. The van der Waals surface area contributed by atoms with Gasteiger partial charge in [-0.1, -0.05) is 49.6 Å². The average molecular weight is 332 g/mol. The summed E-state index contributed by atoms with van der Waals surface area (Å²) in [4.78, 5) is 36.1. The van der Waals surface area contributed by atoms with Crippen molar-refractivity contribution in [2.24, 2.45) is 0 Å². The molecular weight excluding hydrogens is 308 g/mol. The van der Waals surface area contributed by atoms with E-state index in [-0.39, 0.29) is 24.8 Å². The van der Waals surface area contributed by atoms with E-state index < -0.39 is 11.5 Å². The molecule has 6 nitrogen and oxygen atoms in total. The number of amides is 2. The number of carbonyl (C=O) groups is 3. The molecule has 1 saturated carbocycles. The number of carbonyl (C=O) groups excluding carboxylic acids is 3. The molecule has 0 aromatic heterocycles. The number of esters is 1. The zero-order valence-electron chi connectivity index (χ0n) is 14.0. The van der Waals surface area contributed by atoms with Crippen LogP contribution in [0.4, 0.5) is 0 Å². The molecule has 1 aromatic carbocycles. The zero-order chi connectivity index (χ0) is 17.4. The summed E-state index contributed by atoms with van der Waals surface area (Å²) in [6, 6.07) is 9.31. The molecular formula is C18H24N2O4. The van der Waals surface area contributed by atoms with Gasteiger partial charge in [0, 0.05) is 0 Å². The number of hydrogen-bond donors (Lipinski definition) is 2. The number of benzene rings is 1. The quantitative estimate of drug-likeness (QED) is 0.770. The van der Waals surface area contributed by atoms with Crippen molar-refractivity contribution in [3.8, 4) is 0 Å². The molecule has 0 atom stereocenters. The summed E-state index contributed by atoms with van der Waals surface area (Å²) in [5.41, 5.74) is -0.0671. The van der Waals surface area contributed by atoms with Gasteiger partial charge in [-0.05, 0) is 18.4 Å². The zero-order valence-corrected chi connectivity index (χ0v) is 14.0. The van der Waals surface area contributed by atoms with E-state index in [1.807, 2.05) is 30.3 Å². The van der Waals surface area contributed by atoms with Crippen molar-refractivity contribution in [3.05, 3.63) is 35.9 Å². The van der Waals surface area contributed by atoms with Crippen LogP contribution in [0.15, 0.2) is 30.3 Å². The maximum absolute atomic E-state index is 12.2. The van der Waals surface area contributed by atoms with E-state index >= 15 is 0 Å². The van der Waals surface area contributed by atoms with Gasteiger partial charge in [0.15, 0.2) is 0 Å². The molecule has 0 aliphatic heterocycles. The molecule has 0 saturated heterocycles. The van der Waals surface area contributed by atoms with Crippen LogP contribution >= 0.6 is 0 Å². The summed E-state index contributed by atoms with van der Waals surface area (Å²) in [7, 11) is 1.33. The number of nitrogens with one attached hydrogen (secondary N) is 2. The van der Waals surface area contributed by atoms with Gasteiger partial charge in [0.25, 0.3) is 0 Å². The molecule has 130 valence electrons. The normalized spacial score (nSPS) is 16.0. The first kappa shape index (κ1) is 18.0. The largest absolute Gasteiger partial charge is 0.467 e. The fourth-order valence-corrected chi connectivity index (χ4v) is 3.06. The summed E-state index contributed by atoms with van der Waals surface area (Å²) in [5.74, 6) is -1.01. The second kappa shape index (κ2) is 8.47. The molecule has 1 aliphatic rings. The third-order valence-corrected chi connectivity index (χ3v) is 4.32. The molecule has 0 bridgehead atoms. The van der Waals surface area contributed by atoms with Crippen LogP contribution in [0.25, 0.3) is 0 Å². The van der Waals surface area contributed by atoms with Crippen LogP contribution in [0.5, 0.6) is 0 Å². The first-order valence-corrected chi connectivity index (χ1v) is 8.26. The minimum Gasteiger partial charge on any atom is -0.467 e. The van der Waals surface area contributed by atoms with Gasteiger partial charge in [0.05, 0.1) is 20.1 Å². The number of rotatable bonds is 6. The molecule has 2 rings (SSSR count). The van der Waals surface area contributed by atoms with Crippen molar-refractivity contribution in [3.63, 3.8) is 0 Å². The summed E-state index contributed by atoms with van der Waals surface area (Å²) >= 11 is 0. The lowest BCUT2D eigenvalue weighted by molar-refractivity contribution is -0.152. The molecule has 6 heteroatoms. The molecule has 0 heterocycles. The van der Waals surface area contributed by atoms with Gasteiger partial charge in [-0.25, -0.2) is 4.79 Å². The molecule has 1 fully saturated rings. The highest BCUT2D eigenvalue weighted by atomic mass is 16.5. The Kier molecular flexibility index (Phi) is 6.35. The van der Waals surface area contributed by atoms with E-state index in [1.165, 1.54) is 7.11 Å². The lowest BCUT2D eigenvalue weighted by Gasteiger charge is -2.35. The van der Waals surface area contributed by atoms with Crippen LogP contribution in [-0.4, -0.2) is 37.0 Å². The van der Waals surface area contributed by atoms with Gasteiger partial charge in [-0.15, -0.1) is 0 Å². The predicted octanol–water partition coefficient (Wildman–Crippen LogP) is 1.34. The molecule has 1 aromatic rings. The third kappa shape index (κ3) is 4.81. The monoisotopic (exact) mass is 332 g/mol. The molecule has 2 amide bonds. The van der Waals surface area contributed by atoms with Gasteiger partial charge in [-0.3, -0.25) is 9.59 Å². The Morgan fingerprint density at radius 3 is 2.33 bits per heavy atom. The van der Waals surface area contributed by atoms with Crippen LogP contribution in [0.3, 0.4) is 0 Å². The van der Waals surface area contributed by atoms with Gasteiger partial charge in [0.1, 0.15) is 5.54 Å². The first-order valence-electron chi connectivity index (χ1n) is 8.26. The summed E-state index contributed by atoms with van der Waals surface area (Å²) in [5, 5.41) is 5.37. The Balaban J connectivity index is 1.85. The van der Waals surface area contributed by atoms with Crippen LogP contribution in [0.2, 0.25) is 0 Å². The maximum atomic E-state index is 12.2. The third-order valence-electron chi connectivity index (χ3n) is 4.32. The van der Waals surface area contributed by atoms with Crippen LogP contribution in [0, 0.1) is 0 Å². The minimum atomic E-state index is -0.950.